The van der Waals surface area contributed by atoms with Crippen molar-refractivity contribution in [2.75, 3.05) is 26.1 Å². The molecule has 0 aromatic heterocycles. The fourth-order valence-corrected chi connectivity index (χ4v) is 5.45. The lowest BCUT2D eigenvalue weighted by Gasteiger charge is -2.31. The van der Waals surface area contributed by atoms with Crippen molar-refractivity contribution in [3.8, 4) is 34.1 Å². The van der Waals surface area contributed by atoms with E-state index in [0.29, 0.717) is 28.7 Å². The number of hydrogen-bond donors (Lipinski definition) is 1. The van der Waals surface area contributed by atoms with Gasteiger partial charge in [0.05, 0.1) is 31.8 Å². The molecule has 0 bridgehead atoms. The van der Waals surface area contributed by atoms with Crippen LogP contribution in [0.3, 0.4) is 0 Å². The lowest BCUT2D eigenvalue weighted by Crippen LogP contribution is -2.18. The van der Waals surface area contributed by atoms with Gasteiger partial charge in [0.25, 0.3) is 10.0 Å². The smallest absolute Gasteiger partial charge is 0.261 e. The van der Waals surface area contributed by atoms with Gasteiger partial charge >= 0.3 is 0 Å². The van der Waals surface area contributed by atoms with Crippen LogP contribution in [0.25, 0.3) is 11.1 Å². The summed E-state index contributed by atoms with van der Waals surface area (Å²) in [6.45, 7) is 0. The molecule has 1 unspecified atom stereocenters. The maximum atomic E-state index is 13.0. The molecule has 7 nitrogen and oxygen atoms in total. The highest BCUT2D eigenvalue weighted by molar-refractivity contribution is 7.92. The highest BCUT2D eigenvalue weighted by Gasteiger charge is 2.31. The molecule has 184 valence electrons. The number of rotatable bonds is 7. The molecule has 36 heavy (non-hydrogen) atoms. The highest BCUT2D eigenvalue weighted by atomic mass is 32.2. The SMILES string of the molecule is COc1ccc(C2Oc3cccc(OC)c3-c3ccc(NS(=O)(=O)c4ccccc4)cc32)cc1OC. The molecule has 0 amide bonds. The Morgan fingerprint density at radius 2 is 1.50 bits per heavy atom. The second kappa shape index (κ2) is 9.47. The van der Waals surface area contributed by atoms with E-state index in [1.807, 2.05) is 42.5 Å². The average Bonchev–Trinajstić information content (AvgIpc) is 2.92. The summed E-state index contributed by atoms with van der Waals surface area (Å²) >= 11 is 0. The summed E-state index contributed by atoms with van der Waals surface area (Å²) in [5.74, 6) is 2.50. The van der Waals surface area contributed by atoms with Gasteiger partial charge in [-0.1, -0.05) is 36.4 Å². The van der Waals surface area contributed by atoms with E-state index in [4.69, 9.17) is 18.9 Å². The van der Waals surface area contributed by atoms with Gasteiger partial charge in [-0.25, -0.2) is 8.42 Å². The van der Waals surface area contributed by atoms with Crippen LogP contribution in [-0.4, -0.2) is 29.7 Å². The number of anilines is 1. The molecule has 1 atom stereocenters. The Morgan fingerprint density at radius 1 is 0.750 bits per heavy atom. The zero-order chi connectivity index (χ0) is 25.3. The summed E-state index contributed by atoms with van der Waals surface area (Å²) in [4.78, 5) is 0.183. The third-order valence-electron chi connectivity index (χ3n) is 6.07. The van der Waals surface area contributed by atoms with Gasteiger partial charge in [0.1, 0.15) is 17.6 Å². The first-order valence-corrected chi connectivity index (χ1v) is 12.7. The molecule has 0 saturated carbocycles. The summed E-state index contributed by atoms with van der Waals surface area (Å²) in [5, 5.41) is 0. The van der Waals surface area contributed by atoms with Crippen molar-refractivity contribution in [3.63, 3.8) is 0 Å². The van der Waals surface area contributed by atoms with Crippen molar-refractivity contribution in [1.82, 2.24) is 0 Å². The second-order valence-corrected chi connectivity index (χ2v) is 9.85. The third-order valence-corrected chi connectivity index (χ3v) is 7.47. The van der Waals surface area contributed by atoms with Gasteiger partial charge in [0.15, 0.2) is 11.5 Å². The predicted octanol–water partition coefficient (Wildman–Crippen LogP) is 5.66. The number of methoxy groups -OCH3 is 3. The first-order valence-electron chi connectivity index (χ1n) is 11.2. The van der Waals surface area contributed by atoms with Gasteiger partial charge in [-0.05, 0) is 54.1 Å². The van der Waals surface area contributed by atoms with Crippen LogP contribution in [0.2, 0.25) is 0 Å². The van der Waals surface area contributed by atoms with Crippen LogP contribution < -0.4 is 23.7 Å². The van der Waals surface area contributed by atoms with E-state index in [9.17, 15) is 8.42 Å². The van der Waals surface area contributed by atoms with E-state index in [2.05, 4.69) is 4.72 Å². The largest absolute Gasteiger partial charge is 0.496 e. The molecular weight excluding hydrogens is 478 g/mol. The van der Waals surface area contributed by atoms with Crippen molar-refractivity contribution in [2.24, 2.45) is 0 Å². The zero-order valence-electron chi connectivity index (χ0n) is 20.0. The molecule has 8 heteroatoms. The number of sulfonamides is 1. The van der Waals surface area contributed by atoms with Crippen molar-refractivity contribution >= 4 is 15.7 Å². The van der Waals surface area contributed by atoms with Gasteiger partial charge in [-0.3, -0.25) is 4.72 Å². The van der Waals surface area contributed by atoms with Gasteiger partial charge in [-0.2, -0.15) is 0 Å². The molecule has 5 rings (SSSR count). The van der Waals surface area contributed by atoms with Crippen molar-refractivity contribution < 1.29 is 27.4 Å². The minimum Gasteiger partial charge on any atom is -0.496 e. The molecule has 1 heterocycles. The molecular formula is C28H25NO6S. The Balaban J connectivity index is 1.64. The third kappa shape index (κ3) is 4.20. The van der Waals surface area contributed by atoms with E-state index in [1.54, 1.807) is 63.8 Å². The minimum absolute atomic E-state index is 0.183. The molecule has 0 radical (unpaired) electrons. The average molecular weight is 504 g/mol. The molecule has 4 aromatic carbocycles. The van der Waals surface area contributed by atoms with E-state index in [0.717, 1.165) is 22.3 Å². The fourth-order valence-electron chi connectivity index (χ4n) is 4.38. The van der Waals surface area contributed by atoms with Crippen molar-refractivity contribution in [3.05, 3.63) is 96.1 Å². The van der Waals surface area contributed by atoms with Gasteiger partial charge in [0.2, 0.25) is 0 Å². The molecule has 1 aliphatic rings. The Bertz CT molecular complexity index is 1520. The molecule has 4 aromatic rings. The number of fused-ring (bicyclic) bond motifs is 3. The van der Waals surface area contributed by atoms with Crippen LogP contribution >= 0.6 is 0 Å². The Morgan fingerprint density at radius 3 is 2.22 bits per heavy atom. The van der Waals surface area contributed by atoms with E-state index in [1.165, 1.54) is 0 Å². The molecule has 0 aliphatic carbocycles. The quantitative estimate of drug-likeness (QED) is 0.350. The summed E-state index contributed by atoms with van der Waals surface area (Å²) < 4.78 is 51.6. The number of hydrogen-bond acceptors (Lipinski definition) is 6. The second-order valence-electron chi connectivity index (χ2n) is 8.17. The summed E-state index contributed by atoms with van der Waals surface area (Å²) in [7, 11) is 1.00. The number of benzene rings is 4. The first kappa shape index (κ1) is 23.6. The first-order chi connectivity index (χ1) is 17.4. The normalized spacial score (nSPS) is 14.1. The number of nitrogens with one attached hydrogen (secondary N) is 1. The molecule has 1 aliphatic heterocycles. The van der Waals surface area contributed by atoms with Crippen LogP contribution in [0.5, 0.6) is 23.0 Å². The van der Waals surface area contributed by atoms with E-state index < -0.39 is 16.1 Å². The van der Waals surface area contributed by atoms with Gasteiger partial charge in [-0.15, -0.1) is 0 Å². The maximum absolute atomic E-state index is 13.0. The molecule has 0 spiro atoms. The van der Waals surface area contributed by atoms with Crippen LogP contribution in [0.1, 0.15) is 17.2 Å². The van der Waals surface area contributed by atoms with Crippen LogP contribution in [0.4, 0.5) is 5.69 Å². The monoisotopic (exact) mass is 503 g/mol. The Labute approximate surface area is 210 Å². The minimum atomic E-state index is -3.77. The Hall–Kier alpha value is -4.17. The summed E-state index contributed by atoms with van der Waals surface area (Å²) in [5.41, 5.74) is 3.73. The zero-order valence-corrected chi connectivity index (χ0v) is 20.8. The van der Waals surface area contributed by atoms with Crippen molar-refractivity contribution in [2.45, 2.75) is 11.0 Å². The van der Waals surface area contributed by atoms with Crippen LogP contribution in [0, 0.1) is 0 Å². The van der Waals surface area contributed by atoms with E-state index >= 15 is 0 Å². The van der Waals surface area contributed by atoms with E-state index in [-0.39, 0.29) is 4.90 Å². The maximum Gasteiger partial charge on any atom is 0.261 e. The summed E-state index contributed by atoms with van der Waals surface area (Å²) in [6, 6.07) is 24.9. The van der Waals surface area contributed by atoms with Crippen LogP contribution in [0.15, 0.2) is 89.8 Å². The number of ether oxygens (including phenoxy) is 4. The molecule has 0 fully saturated rings. The molecule has 1 N–H and O–H groups in total. The van der Waals surface area contributed by atoms with Crippen LogP contribution in [-0.2, 0) is 10.0 Å². The van der Waals surface area contributed by atoms with Gasteiger partial charge in [0, 0.05) is 16.8 Å². The summed E-state index contributed by atoms with van der Waals surface area (Å²) in [6.07, 6.45) is -0.527. The lowest BCUT2D eigenvalue weighted by atomic mass is 9.88. The highest BCUT2D eigenvalue weighted by Crippen LogP contribution is 2.50. The predicted molar refractivity (Wildman–Crippen MR) is 138 cm³/mol. The van der Waals surface area contributed by atoms with Crippen molar-refractivity contribution in [1.29, 1.82) is 0 Å². The fraction of sp³-hybridized carbons (Fsp3) is 0.143. The Kier molecular flexibility index (Phi) is 6.20. The standard InChI is InChI=1S/C28H25NO6S/c1-32-23-15-12-18(16-26(23)34-3)28-22-17-19(29-36(30,31)20-8-5-4-6-9-20)13-14-21(22)27-24(33-2)10-7-11-25(27)35-28/h4-17,28-29H,1-3H3. The molecule has 0 saturated heterocycles. The topological polar surface area (TPSA) is 83.1 Å². The van der Waals surface area contributed by atoms with Gasteiger partial charge < -0.3 is 18.9 Å². The lowest BCUT2D eigenvalue weighted by molar-refractivity contribution is 0.241.